The summed E-state index contributed by atoms with van der Waals surface area (Å²) in [6.07, 6.45) is 3.92. The molecule has 1 aliphatic heterocycles. The fraction of sp³-hybridized carbons (Fsp3) is 0.211. The number of rotatable bonds is 6. The number of ether oxygens (including phenoxy) is 2. The van der Waals surface area contributed by atoms with Crippen LogP contribution >= 0.6 is 11.6 Å². The molecule has 0 fully saturated rings. The van der Waals surface area contributed by atoms with Crippen LogP contribution < -0.4 is 14.8 Å². The molecule has 0 amide bonds. The summed E-state index contributed by atoms with van der Waals surface area (Å²) in [7, 11) is 0. The Balaban J connectivity index is 1.32. The van der Waals surface area contributed by atoms with Gasteiger partial charge in [0.15, 0.2) is 11.5 Å². The van der Waals surface area contributed by atoms with Gasteiger partial charge in [0.05, 0.1) is 12.7 Å². The van der Waals surface area contributed by atoms with Gasteiger partial charge in [-0.25, -0.2) is 0 Å². The van der Waals surface area contributed by atoms with E-state index in [4.69, 9.17) is 21.1 Å². The molecule has 0 saturated heterocycles. The number of nitrogens with one attached hydrogen (secondary N) is 1. The molecule has 1 aliphatic rings. The summed E-state index contributed by atoms with van der Waals surface area (Å²) < 4.78 is 12.6. The molecule has 0 radical (unpaired) electrons. The predicted molar refractivity (Wildman–Crippen MR) is 95.9 cm³/mol. The maximum atomic E-state index is 6.20. The Hall–Kier alpha value is -2.50. The Labute approximate surface area is 151 Å². The molecule has 4 rings (SSSR count). The first-order valence-electron chi connectivity index (χ1n) is 8.12. The minimum atomic E-state index is 0.302. The minimum absolute atomic E-state index is 0.302. The number of halogens is 1. The lowest BCUT2D eigenvalue weighted by Gasteiger charge is -2.05. The Morgan fingerprint density at radius 2 is 1.88 bits per heavy atom. The highest BCUT2D eigenvalue weighted by Crippen LogP contribution is 2.32. The van der Waals surface area contributed by atoms with E-state index in [1.54, 1.807) is 0 Å². The average molecular weight is 356 g/mol. The van der Waals surface area contributed by atoms with Crippen molar-refractivity contribution in [1.82, 2.24) is 15.1 Å². The zero-order valence-electron chi connectivity index (χ0n) is 13.6. The van der Waals surface area contributed by atoms with Crippen LogP contribution in [0.4, 0.5) is 0 Å². The highest BCUT2D eigenvalue weighted by molar-refractivity contribution is 6.31. The number of nitrogens with zero attached hydrogens (tertiary/aromatic N) is 2. The Kier molecular flexibility index (Phi) is 4.59. The third-order valence-electron chi connectivity index (χ3n) is 4.07. The van der Waals surface area contributed by atoms with Gasteiger partial charge < -0.3 is 14.8 Å². The quantitative estimate of drug-likeness (QED) is 0.734. The van der Waals surface area contributed by atoms with Gasteiger partial charge in [-0.1, -0.05) is 35.9 Å². The van der Waals surface area contributed by atoms with E-state index in [0.717, 1.165) is 46.3 Å². The van der Waals surface area contributed by atoms with Crippen molar-refractivity contribution in [3.8, 4) is 11.5 Å². The molecule has 25 heavy (non-hydrogen) atoms. The zero-order chi connectivity index (χ0) is 17.1. The highest BCUT2D eigenvalue weighted by atomic mass is 35.5. The van der Waals surface area contributed by atoms with Gasteiger partial charge >= 0.3 is 0 Å². The fourth-order valence-electron chi connectivity index (χ4n) is 2.79. The molecule has 0 saturated carbocycles. The summed E-state index contributed by atoms with van der Waals surface area (Å²) in [5.41, 5.74) is 3.35. The van der Waals surface area contributed by atoms with Crippen LogP contribution in [0.3, 0.4) is 0 Å². The van der Waals surface area contributed by atoms with Gasteiger partial charge in [-0.3, -0.25) is 4.68 Å². The summed E-state index contributed by atoms with van der Waals surface area (Å²) in [6, 6.07) is 13.8. The highest BCUT2D eigenvalue weighted by Gasteiger charge is 2.12. The van der Waals surface area contributed by atoms with Crippen molar-refractivity contribution in [1.29, 1.82) is 0 Å². The summed E-state index contributed by atoms with van der Waals surface area (Å²) in [5.74, 6) is 1.62. The van der Waals surface area contributed by atoms with Gasteiger partial charge in [-0.05, 0) is 29.3 Å². The second-order valence-corrected chi connectivity index (χ2v) is 6.34. The van der Waals surface area contributed by atoms with E-state index in [1.807, 2.05) is 59.5 Å². The number of hydrogen-bond acceptors (Lipinski definition) is 4. The molecule has 0 bridgehead atoms. The van der Waals surface area contributed by atoms with E-state index < -0.39 is 0 Å². The average Bonchev–Trinajstić information content (AvgIpc) is 3.26. The predicted octanol–water partition coefficient (Wildman–Crippen LogP) is 3.60. The van der Waals surface area contributed by atoms with Crippen molar-refractivity contribution >= 4 is 11.6 Å². The van der Waals surface area contributed by atoms with Crippen LogP contribution in [-0.2, 0) is 19.6 Å². The molecule has 0 atom stereocenters. The van der Waals surface area contributed by atoms with Crippen LogP contribution in [0.15, 0.2) is 54.9 Å². The molecule has 2 heterocycles. The number of benzene rings is 2. The first-order chi connectivity index (χ1) is 12.3. The van der Waals surface area contributed by atoms with E-state index in [0.29, 0.717) is 13.3 Å². The Bertz CT molecular complexity index is 879. The summed E-state index contributed by atoms with van der Waals surface area (Å²) in [4.78, 5) is 0. The molecule has 0 aliphatic carbocycles. The molecule has 2 aromatic carbocycles. The molecule has 3 aromatic rings. The summed E-state index contributed by atoms with van der Waals surface area (Å²) >= 11 is 6.20. The zero-order valence-corrected chi connectivity index (χ0v) is 14.4. The third kappa shape index (κ3) is 3.78. The van der Waals surface area contributed by atoms with Gasteiger partial charge in [0.25, 0.3) is 0 Å². The van der Waals surface area contributed by atoms with Gasteiger partial charge in [0.2, 0.25) is 6.79 Å². The van der Waals surface area contributed by atoms with E-state index >= 15 is 0 Å². The summed E-state index contributed by atoms with van der Waals surface area (Å²) in [6.45, 7) is 2.47. The minimum Gasteiger partial charge on any atom is -0.454 e. The first kappa shape index (κ1) is 16.0. The van der Waals surface area contributed by atoms with Gasteiger partial charge in [-0.15, -0.1) is 0 Å². The lowest BCUT2D eigenvalue weighted by atomic mass is 10.2. The molecule has 1 N–H and O–H groups in total. The van der Waals surface area contributed by atoms with E-state index in [2.05, 4.69) is 10.4 Å². The molecule has 0 unspecified atom stereocenters. The second kappa shape index (κ2) is 7.17. The lowest BCUT2D eigenvalue weighted by Crippen LogP contribution is -2.12. The Morgan fingerprint density at radius 1 is 1.04 bits per heavy atom. The molecule has 128 valence electrons. The van der Waals surface area contributed by atoms with Gasteiger partial charge in [-0.2, -0.15) is 5.10 Å². The molecule has 0 spiro atoms. The van der Waals surface area contributed by atoms with Crippen molar-refractivity contribution in [3.05, 3.63) is 76.6 Å². The summed E-state index contributed by atoms with van der Waals surface area (Å²) in [5, 5.41) is 8.59. The van der Waals surface area contributed by atoms with Crippen LogP contribution in [0.25, 0.3) is 0 Å². The van der Waals surface area contributed by atoms with E-state index in [-0.39, 0.29) is 0 Å². The first-order valence-corrected chi connectivity index (χ1v) is 8.50. The third-order valence-corrected chi connectivity index (χ3v) is 4.44. The molecule has 5 nitrogen and oxygen atoms in total. The van der Waals surface area contributed by atoms with Crippen LogP contribution in [0.5, 0.6) is 11.5 Å². The molecular weight excluding hydrogens is 338 g/mol. The van der Waals surface area contributed by atoms with E-state index in [1.165, 1.54) is 0 Å². The van der Waals surface area contributed by atoms with E-state index in [9.17, 15) is 0 Å². The number of aromatic nitrogens is 2. The van der Waals surface area contributed by atoms with Gasteiger partial charge in [0, 0.05) is 29.9 Å². The van der Waals surface area contributed by atoms with Crippen molar-refractivity contribution in [2.24, 2.45) is 0 Å². The SMILES string of the molecule is Clc1ccccc1Cn1cc(CNCc2ccc3c(c2)OCO3)cn1. The lowest BCUT2D eigenvalue weighted by molar-refractivity contribution is 0.174. The van der Waals surface area contributed by atoms with Crippen molar-refractivity contribution in [2.75, 3.05) is 6.79 Å². The fourth-order valence-corrected chi connectivity index (χ4v) is 2.98. The van der Waals surface area contributed by atoms with Crippen LogP contribution in [0.1, 0.15) is 16.7 Å². The molecule has 6 heteroatoms. The molecule has 1 aromatic heterocycles. The maximum absolute atomic E-state index is 6.20. The smallest absolute Gasteiger partial charge is 0.231 e. The van der Waals surface area contributed by atoms with Crippen LogP contribution in [0.2, 0.25) is 5.02 Å². The van der Waals surface area contributed by atoms with Crippen molar-refractivity contribution in [3.63, 3.8) is 0 Å². The Morgan fingerprint density at radius 3 is 2.80 bits per heavy atom. The maximum Gasteiger partial charge on any atom is 0.231 e. The standard InChI is InChI=1S/C19H18ClN3O2/c20-17-4-2-1-3-16(17)12-23-11-15(10-22-23)9-21-8-14-5-6-18-19(7-14)25-13-24-18/h1-7,10-11,21H,8-9,12-13H2. The monoisotopic (exact) mass is 355 g/mol. The largest absolute Gasteiger partial charge is 0.454 e. The topological polar surface area (TPSA) is 48.3 Å². The van der Waals surface area contributed by atoms with Crippen LogP contribution in [0, 0.1) is 0 Å². The normalized spacial score (nSPS) is 12.5. The molecular formula is C19H18ClN3O2. The van der Waals surface area contributed by atoms with Crippen molar-refractivity contribution in [2.45, 2.75) is 19.6 Å². The number of fused-ring (bicyclic) bond motifs is 1. The van der Waals surface area contributed by atoms with Crippen LogP contribution in [-0.4, -0.2) is 16.6 Å². The number of hydrogen-bond donors (Lipinski definition) is 1. The second-order valence-electron chi connectivity index (χ2n) is 5.93. The van der Waals surface area contributed by atoms with Gasteiger partial charge in [0.1, 0.15) is 0 Å². The van der Waals surface area contributed by atoms with Crippen molar-refractivity contribution < 1.29 is 9.47 Å².